The summed E-state index contributed by atoms with van der Waals surface area (Å²) in [6.45, 7) is 2.68. The molecule has 2 aromatic carbocycles. The van der Waals surface area contributed by atoms with Crippen LogP contribution in [0.15, 0.2) is 30.3 Å². The lowest BCUT2D eigenvalue weighted by Crippen LogP contribution is -2.30. The van der Waals surface area contributed by atoms with Crippen molar-refractivity contribution in [2.24, 2.45) is 0 Å². The number of halogens is 3. The van der Waals surface area contributed by atoms with E-state index in [9.17, 15) is 13.2 Å². The number of rotatable bonds is 5. The molecule has 0 aromatic heterocycles. The second-order valence-electron chi connectivity index (χ2n) is 6.84. The lowest BCUT2D eigenvalue weighted by atomic mass is 9.89. The molecule has 1 atom stereocenters. The minimum absolute atomic E-state index is 0.0718. The first-order valence-corrected chi connectivity index (χ1v) is 8.98. The molecule has 1 heterocycles. The summed E-state index contributed by atoms with van der Waals surface area (Å²) in [5.74, 6) is 1.37. The van der Waals surface area contributed by atoms with Gasteiger partial charge in [-0.05, 0) is 79.3 Å². The van der Waals surface area contributed by atoms with Gasteiger partial charge in [0.15, 0.2) is 11.5 Å². The first kappa shape index (κ1) is 19.5. The van der Waals surface area contributed by atoms with Crippen LogP contribution in [0.1, 0.15) is 40.3 Å². The Bertz CT molecular complexity index is 818. The zero-order valence-electron chi connectivity index (χ0n) is 15.7. The molecular weight excluding hydrogens is 355 g/mol. The standard InChI is InChI=1S/C21H24F3NO2/c1-13-4-6-16(21(22,23)24)10-14(13)5-7-18-17-12-20(27-3)19(26-2)11-15(17)8-9-25-18/h4,6,10-12,18,25H,5,7-9H2,1-3H3/t18-/m0/s1. The van der Waals surface area contributed by atoms with Gasteiger partial charge < -0.3 is 14.8 Å². The summed E-state index contributed by atoms with van der Waals surface area (Å²) in [5, 5.41) is 3.48. The second-order valence-corrected chi connectivity index (χ2v) is 6.84. The van der Waals surface area contributed by atoms with Gasteiger partial charge in [0.1, 0.15) is 0 Å². The van der Waals surface area contributed by atoms with Crippen LogP contribution in [0.5, 0.6) is 11.5 Å². The van der Waals surface area contributed by atoms with Crippen LogP contribution < -0.4 is 14.8 Å². The van der Waals surface area contributed by atoms with Gasteiger partial charge in [0.25, 0.3) is 0 Å². The fourth-order valence-corrected chi connectivity index (χ4v) is 3.64. The van der Waals surface area contributed by atoms with E-state index in [0.29, 0.717) is 24.3 Å². The van der Waals surface area contributed by atoms with Gasteiger partial charge in [0.2, 0.25) is 0 Å². The van der Waals surface area contributed by atoms with E-state index in [1.807, 2.05) is 19.1 Å². The van der Waals surface area contributed by atoms with Gasteiger partial charge >= 0.3 is 6.18 Å². The number of hydrogen-bond donors (Lipinski definition) is 1. The fraction of sp³-hybridized carbons (Fsp3) is 0.429. The smallest absolute Gasteiger partial charge is 0.416 e. The summed E-state index contributed by atoms with van der Waals surface area (Å²) < 4.78 is 49.8. The van der Waals surface area contributed by atoms with Crippen LogP contribution in [-0.2, 0) is 19.0 Å². The van der Waals surface area contributed by atoms with Crippen LogP contribution in [-0.4, -0.2) is 20.8 Å². The van der Waals surface area contributed by atoms with Crippen LogP contribution >= 0.6 is 0 Å². The van der Waals surface area contributed by atoms with Crippen molar-refractivity contribution in [3.8, 4) is 11.5 Å². The minimum Gasteiger partial charge on any atom is -0.493 e. The van der Waals surface area contributed by atoms with E-state index in [2.05, 4.69) is 5.32 Å². The third kappa shape index (κ3) is 4.21. The fourth-order valence-electron chi connectivity index (χ4n) is 3.64. The molecule has 0 aliphatic carbocycles. The maximum Gasteiger partial charge on any atom is 0.416 e. The number of alkyl halides is 3. The summed E-state index contributed by atoms with van der Waals surface area (Å²) in [7, 11) is 3.21. The maximum absolute atomic E-state index is 13.0. The van der Waals surface area contributed by atoms with Crippen LogP contribution in [0, 0.1) is 6.92 Å². The van der Waals surface area contributed by atoms with Gasteiger partial charge in [-0.3, -0.25) is 0 Å². The average molecular weight is 379 g/mol. The summed E-state index contributed by atoms with van der Waals surface area (Å²) in [5.41, 5.74) is 3.35. The van der Waals surface area contributed by atoms with Gasteiger partial charge in [-0.1, -0.05) is 6.07 Å². The number of nitrogens with one attached hydrogen (secondary N) is 1. The number of hydrogen-bond acceptors (Lipinski definition) is 3. The molecule has 0 spiro atoms. The zero-order valence-corrected chi connectivity index (χ0v) is 15.7. The van der Waals surface area contributed by atoms with Crippen LogP contribution in [0.25, 0.3) is 0 Å². The van der Waals surface area contributed by atoms with Crippen LogP contribution in [0.3, 0.4) is 0 Å². The van der Waals surface area contributed by atoms with Crippen molar-refractivity contribution in [2.75, 3.05) is 20.8 Å². The molecule has 0 amide bonds. The number of aryl methyl sites for hydroxylation is 2. The monoisotopic (exact) mass is 379 g/mol. The largest absolute Gasteiger partial charge is 0.493 e. The molecule has 0 unspecified atom stereocenters. The number of ether oxygens (including phenoxy) is 2. The van der Waals surface area contributed by atoms with Gasteiger partial charge in [0, 0.05) is 6.04 Å². The van der Waals surface area contributed by atoms with Gasteiger partial charge in [-0.2, -0.15) is 13.2 Å². The topological polar surface area (TPSA) is 30.5 Å². The van der Waals surface area contributed by atoms with Gasteiger partial charge in [-0.25, -0.2) is 0 Å². The highest BCUT2D eigenvalue weighted by molar-refractivity contribution is 5.49. The van der Waals surface area contributed by atoms with Gasteiger partial charge in [0.05, 0.1) is 19.8 Å². The SMILES string of the molecule is COc1cc2c(cc1OC)[C@H](CCc1cc(C(F)(F)F)ccc1C)NCC2. The molecule has 6 heteroatoms. The predicted octanol–water partition coefficient (Wildman–Crippen LogP) is 4.85. The van der Waals surface area contributed by atoms with Crippen molar-refractivity contribution in [2.45, 2.75) is 38.4 Å². The van der Waals surface area contributed by atoms with Crippen molar-refractivity contribution < 1.29 is 22.6 Å². The van der Waals surface area contributed by atoms with E-state index in [1.54, 1.807) is 20.3 Å². The highest BCUT2D eigenvalue weighted by Crippen LogP contribution is 2.37. The van der Waals surface area contributed by atoms with Crippen molar-refractivity contribution in [3.05, 3.63) is 58.1 Å². The molecule has 2 aromatic rings. The molecule has 27 heavy (non-hydrogen) atoms. The molecule has 0 radical (unpaired) electrons. The van der Waals surface area contributed by atoms with E-state index in [4.69, 9.17) is 9.47 Å². The molecule has 0 bridgehead atoms. The predicted molar refractivity (Wildman–Crippen MR) is 98.5 cm³/mol. The quantitative estimate of drug-likeness (QED) is 0.806. The Balaban J connectivity index is 1.83. The Morgan fingerprint density at radius 3 is 2.44 bits per heavy atom. The molecule has 146 valence electrons. The minimum atomic E-state index is -4.32. The first-order valence-electron chi connectivity index (χ1n) is 8.98. The molecular formula is C21H24F3NO2. The lowest BCUT2D eigenvalue weighted by molar-refractivity contribution is -0.137. The Kier molecular flexibility index (Phi) is 5.65. The number of benzene rings is 2. The molecule has 1 aliphatic rings. The van der Waals surface area contributed by atoms with Crippen LogP contribution in [0.2, 0.25) is 0 Å². The average Bonchev–Trinajstić information content (AvgIpc) is 2.65. The van der Waals surface area contributed by atoms with E-state index in [-0.39, 0.29) is 6.04 Å². The van der Waals surface area contributed by atoms with E-state index < -0.39 is 11.7 Å². The second kappa shape index (κ2) is 7.80. The summed E-state index contributed by atoms with van der Waals surface area (Å²) >= 11 is 0. The third-order valence-corrected chi connectivity index (χ3v) is 5.18. The van der Waals surface area contributed by atoms with Crippen LogP contribution in [0.4, 0.5) is 13.2 Å². The summed E-state index contributed by atoms with van der Waals surface area (Å²) in [4.78, 5) is 0. The molecule has 0 saturated heterocycles. The van der Waals surface area contributed by atoms with E-state index in [0.717, 1.165) is 35.7 Å². The Morgan fingerprint density at radius 1 is 1.07 bits per heavy atom. The molecule has 1 N–H and O–H groups in total. The molecule has 1 aliphatic heterocycles. The maximum atomic E-state index is 13.0. The van der Waals surface area contributed by atoms with E-state index >= 15 is 0 Å². The van der Waals surface area contributed by atoms with Crippen molar-refractivity contribution in [3.63, 3.8) is 0 Å². The Hall–Kier alpha value is -2.21. The molecule has 0 fully saturated rings. The zero-order chi connectivity index (χ0) is 19.6. The number of methoxy groups -OCH3 is 2. The highest BCUT2D eigenvalue weighted by atomic mass is 19.4. The summed E-state index contributed by atoms with van der Waals surface area (Å²) in [6.07, 6.45) is -2.15. The molecule has 0 saturated carbocycles. The van der Waals surface area contributed by atoms with Gasteiger partial charge in [-0.15, -0.1) is 0 Å². The third-order valence-electron chi connectivity index (χ3n) is 5.18. The molecule has 3 rings (SSSR count). The number of fused-ring (bicyclic) bond motifs is 1. The van der Waals surface area contributed by atoms with E-state index in [1.165, 1.54) is 11.6 Å². The lowest BCUT2D eigenvalue weighted by Gasteiger charge is -2.28. The highest BCUT2D eigenvalue weighted by Gasteiger charge is 2.31. The first-order chi connectivity index (χ1) is 12.8. The summed E-state index contributed by atoms with van der Waals surface area (Å²) in [6, 6.07) is 8.01. The normalized spacial score (nSPS) is 16.7. The van der Waals surface area contributed by atoms with Crippen molar-refractivity contribution in [1.82, 2.24) is 5.32 Å². The van der Waals surface area contributed by atoms with Crippen molar-refractivity contribution in [1.29, 1.82) is 0 Å². The Labute approximate surface area is 157 Å². The van der Waals surface area contributed by atoms with Crippen molar-refractivity contribution >= 4 is 0 Å². The Morgan fingerprint density at radius 2 is 1.78 bits per heavy atom. The molecule has 3 nitrogen and oxygen atoms in total.